The van der Waals surface area contributed by atoms with Gasteiger partial charge in [-0.2, -0.15) is 0 Å². The van der Waals surface area contributed by atoms with Crippen LogP contribution < -0.4 is 9.47 Å². The molecule has 4 heteroatoms. The molecule has 0 radical (unpaired) electrons. The summed E-state index contributed by atoms with van der Waals surface area (Å²) in [7, 11) is 3.30. The maximum absolute atomic E-state index is 5.42. The summed E-state index contributed by atoms with van der Waals surface area (Å²) in [5, 5.41) is 0. The summed E-state index contributed by atoms with van der Waals surface area (Å²) in [6.07, 6.45) is 1.78. The second-order valence-electron chi connectivity index (χ2n) is 4.33. The quantitative estimate of drug-likeness (QED) is 0.905. The topological polar surface area (TPSA) is 47.1 Å². The zero-order valence-corrected chi connectivity index (χ0v) is 11.4. The Bertz CT molecular complexity index is 573. The summed E-state index contributed by atoms with van der Waals surface area (Å²) < 4.78 is 10.5. The highest BCUT2D eigenvalue weighted by Crippen LogP contribution is 2.33. The van der Waals surface area contributed by atoms with Gasteiger partial charge in [-0.15, -0.1) is 0 Å². The highest BCUT2D eigenvalue weighted by Gasteiger charge is 2.13. The van der Waals surface area contributed by atoms with E-state index < -0.39 is 0 Å². The first-order valence-corrected chi connectivity index (χ1v) is 5.82. The molecule has 2 aromatic rings. The number of H-pyrrole nitrogens is 1. The fourth-order valence-electron chi connectivity index (χ4n) is 2.20. The predicted molar refractivity (Wildman–Crippen MR) is 71.3 cm³/mol. The van der Waals surface area contributed by atoms with Gasteiger partial charge in [0.05, 0.1) is 26.1 Å². The molecule has 0 bridgehead atoms. The van der Waals surface area contributed by atoms with E-state index in [-0.39, 0.29) is 0 Å². The number of hydrogen-bond donors (Lipinski definition) is 1. The van der Waals surface area contributed by atoms with Crippen LogP contribution in [0.15, 0.2) is 12.3 Å². The molecular weight excluding hydrogens is 228 g/mol. The minimum absolute atomic E-state index is 0.524. The molecule has 96 valence electrons. The molecule has 0 amide bonds. The highest BCUT2D eigenvalue weighted by molar-refractivity contribution is 5.69. The van der Waals surface area contributed by atoms with Crippen LogP contribution in [0.25, 0.3) is 11.3 Å². The average molecular weight is 246 g/mol. The van der Waals surface area contributed by atoms with Gasteiger partial charge in [-0.25, -0.2) is 4.98 Å². The molecule has 4 nitrogen and oxygen atoms in total. The van der Waals surface area contributed by atoms with E-state index in [1.54, 1.807) is 20.4 Å². The van der Waals surface area contributed by atoms with Crippen LogP contribution in [0, 0.1) is 20.8 Å². The zero-order valence-electron chi connectivity index (χ0n) is 11.4. The largest absolute Gasteiger partial charge is 0.496 e. The number of methoxy groups -OCH3 is 2. The van der Waals surface area contributed by atoms with Crippen molar-refractivity contribution in [2.75, 3.05) is 14.2 Å². The molecule has 0 spiro atoms. The number of nitrogens with one attached hydrogen (secondary N) is 1. The SMILES string of the molecule is COc1ncc(-c2cc(C)c(OC)c(C)c2C)[nH]1. The summed E-state index contributed by atoms with van der Waals surface area (Å²) >= 11 is 0. The van der Waals surface area contributed by atoms with Gasteiger partial charge in [-0.1, -0.05) is 0 Å². The third-order valence-electron chi connectivity index (χ3n) is 3.27. The number of aromatic nitrogens is 2. The van der Waals surface area contributed by atoms with E-state index in [2.05, 4.69) is 29.9 Å². The second-order valence-corrected chi connectivity index (χ2v) is 4.33. The van der Waals surface area contributed by atoms with Crippen LogP contribution >= 0.6 is 0 Å². The van der Waals surface area contributed by atoms with Gasteiger partial charge in [-0.3, -0.25) is 0 Å². The Morgan fingerprint density at radius 2 is 1.78 bits per heavy atom. The fraction of sp³-hybridized carbons (Fsp3) is 0.357. The average Bonchev–Trinajstić information content (AvgIpc) is 2.83. The standard InChI is InChI=1S/C14H18N2O2/c1-8-6-11(9(2)10(3)13(8)17-4)12-7-15-14(16-12)18-5/h6-7H,1-5H3,(H,15,16). The molecule has 0 atom stereocenters. The molecule has 1 aromatic heterocycles. The number of nitrogens with zero attached hydrogens (tertiary/aromatic N) is 1. The third kappa shape index (κ3) is 1.94. The molecule has 0 fully saturated rings. The normalized spacial score (nSPS) is 10.5. The number of ether oxygens (including phenoxy) is 2. The minimum Gasteiger partial charge on any atom is -0.496 e. The maximum atomic E-state index is 5.42. The monoisotopic (exact) mass is 246 g/mol. The van der Waals surface area contributed by atoms with Gasteiger partial charge in [0.1, 0.15) is 5.75 Å². The lowest BCUT2D eigenvalue weighted by Crippen LogP contribution is -1.96. The Labute approximate surface area is 107 Å². The van der Waals surface area contributed by atoms with Crippen molar-refractivity contribution < 1.29 is 9.47 Å². The van der Waals surface area contributed by atoms with Crippen molar-refractivity contribution in [1.82, 2.24) is 9.97 Å². The van der Waals surface area contributed by atoms with Crippen LogP contribution in [0.1, 0.15) is 16.7 Å². The molecule has 1 heterocycles. The molecule has 0 aliphatic rings. The first-order chi connectivity index (χ1) is 8.58. The Balaban J connectivity index is 2.58. The maximum Gasteiger partial charge on any atom is 0.293 e. The first-order valence-electron chi connectivity index (χ1n) is 5.82. The number of benzene rings is 1. The van der Waals surface area contributed by atoms with Crippen LogP contribution in [0.2, 0.25) is 0 Å². The van der Waals surface area contributed by atoms with Gasteiger partial charge in [0.15, 0.2) is 0 Å². The van der Waals surface area contributed by atoms with E-state index in [4.69, 9.17) is 9.47 Å². The second kappa shape index (κ2) is 4.72. The van der Waals surface area contributed by atoms with Crippen molar-refractivity contribution >= 4 is 0 Å². The Hall–Kier alpha value is -1.97. The van der Waals surface area contributed by atoms with Gasteiger partial charge in [0.25, 0.3) is 6.01 Å². The summed E-state index contributed by atoms with van der Waals surface area (Å²) in [5.74, 6) is 0.947. The zero-order chi connectivity index (χ0) is 13.3. The van der Waals surface area contributed by atoms with Crippen molar-refractivity contribution in [2.45, 2.75) is 20.8 Å². The Kier molecular flexibility index (Phi) is 3.28. The number of rotatable bonds is 3. The van der Waals surface area contributed by atoms with E-state index >= 15 is 0 Å². The molecule has 2 rings (SSSR count). The van der Waals surface area contributed by atoms with Crippen LogP contribution in [0.3, 0.4) is 0 Å². The molecule has 0 saturated carbocycles. The van der Waals surface area contributed by atoms with E-state index in [9.17, 15) is 0 Å². The van der Waals surface area contributed by atoms with Crippen LogP contribution in [0.4, 0.5) is 0 Å². The number of aromatic amines is 1. The van der Waals surface area contributed by atoms with Gasteiger partial charge in [0.2, 0.25) is 0 Å². The summed E-state index contributed by atoms with van der Waals surface area (Å²) in [6.45, 7) is 6.20. The number of aryl methyl sites for hydroxylation is 1. The lowest BCUT2D eigenvalue weighted by molar-refractivity contribution is 0.384. The van der Waals surface area contributed by atoms with E-state index in [1.165, 1.54) is 5.56 Å². The van der Waals surface area contributed by atoms with Crippen molar-refractivity contribution in [2.24, 2.45) is 0 Å². The molecule has 0 aliphatic carbocycles. The van der Waals surface area contributed by atoms with Crippen molar-refractivity contribution in [3.05, 3.63) is 29.0 Å². The number of imidazole rings is 1. The summed E-state index contributed by atoms with van der Waals surface area (Å²) in [4.78, 5) is 7.28. The summed E-state index contributed by atoms with van der Waals surface area (Å²) in [5.41, 5.74) is 5.54. The van der Waals surface area contributed by atoms with Crippen LogP contribution in [-0.4, -0.2) is 24.2 Å². The Morgan fingerprint density at radius 1 is 1.06 bits per heavy atom. The lowest BCUT2D eigenvalue weighted by atomic mass is 9.97. The van der Waals surface area contributed by atoms with Crippen molar-refractivity contribution in [3.8, 4) is 23.0 Å². The van der Waals surface area contributed by atoms with Gasteiger partial charge in [-0.05, 0) is 43.5 Å². The van der Waals surface area contributed by atoms with E-state index in [0.29, 0.717) is 6.01 Å². The minimum atomic E-state index is 0.524. The third-order valence-corrected chi connectivity index (χ3v) is 3.27. The highest BCUT2D eigenvalue weighted by atomic mass is 16.5. The predicted octanol–water partition coefficient (Wildman–Crippen LogP) is 3.02. The van der Waals surface area contributed by atoms with Gasteiger partial charge >= 0.3 is 0 Å². The van der Waals surface area contributed by atoms with E-state index in [1.807, 2.05) is 6.92 Å². The summed E-state index contributed by atoms with van der Waals surface area (Å²) in [6, 6.07) is 2.63. The Morgan fingerprint density at radius 3 is 2.33 bits per heavy atom. The fourth-order valence-corrected chi connectivity index (χ4v) is 2.20. The van der Waals surface area contributed by atoms with Crippen molar-refractivity contribution in [1.29, 1.82) is 0 Å². The number of hydrogen-bond acceptors (Lipinski definition) is 3. The van der Waals surface area contributed by atoms with E-state index in [0.717, 1.165) is 28.1 Å². The molecule has 0 unspecified atom stereocenters. The van der Waals surface area contributed by atoms with Crippen LogP contribution in [-0.2, 0) is 0 Å². The van der Waals surface area contributed by atoms with Crippen LogP contribution in [0.5, 0.6) is 11.8 Å². The van der Waals surface area contributed by atoms with Crippen molar-refractivity contribution in [3.63, 3.8) is 0 Å². The molecule has 1 N–H and O–H groups in total. The molecule has 18 heavy (non-hydrogen) atoms. The molecule has 0 saturated heterocycles. The van der Waals surface area contributed by atoms with Gasteiger partial charge < -0.3 is 14.5 Å². The molecule has 0 aliphatic heterocycles. The lowest BCUT2D eigenvalue weighted by Gasteiger charge is -2.14. The van der Waals surface area contributed by atoms with Gasteiger partial charge in [0, 0.05) is 5.56 Å². The first kappa shape index (κ1) is 12.5. The smallest absolute Gasteiger partial charge is 0.293 e. The molecular formula is C14H18N2O2. The molecule has 1 aromatic carbocycles.